The summed E-state index contributed by atoms with van der Waals surface area (Å²) in [6.07, 6.45) is -2.46. The minimum atomic E-state index is -4.84. The van der Waals surface area contributed by atoms with E-state index in [0.717, 1.165) is 16.7 Å². The first-order valence-corrected chi connectivity index (χ1v) is 17.7. The molecule has 3 aliphatic rings. The third-order valence-electron chi connectivity index (χ3n) is 10.7. The zero-order chi connectivity index (χ0) is 35.9. The predicted molar refractivity (Wildman–Crippen MR) is 187 cm³/mol. The van der Waals surface area contributed by atoms with Gasteiger partial charge in [-0.2, -0.15) is 0 Å². The molecule has 3 heterocycles. The highest BCUT2D eigenvalue weighted by Gasteiger charge is 2.69. The van der Waals surface area contributed by atoms with E-state index in [1.165, 1.54) is 12.1 Å². The molecule has 0 aromatic heterocycles. The van der Waals surface area contributed by atoms with E-state index < -0.39 is 29.0 Å². The highest BCUT2D eigenvalue weighted by molar-refractivity contribution is 5.75. The number of esters is 1. The minimum Gasteiger partial charge on any atom is -0.489 e. The summed E-state index contributed by atoms with van der Waals surface area (Å²) in [5.74, 6) is -0.736. The van der Waals surface area contributed by atoms with Crippen molar-refractivity contribution in [2.75, 3.05) is 6.61 Å². The van der Waals surface area contributed by atoms with Crippen LogP contribution in [-0.2, 0) is 33.0 Å². The molecule has 5 atom stereocenters. The number of hydrogen-bond acceptors (Lipinski definition) is 6. The Kier molecular flexibility index (Phi) is 9.39. The number of hydrogen-bond donors (Lipinski definition) is 0. The largest absolute Gasteiger partial charge is 0.573 e. The number of halogens is 3. The third-order valence-corrected chi connectivity index (χ3v) is 10.7. The summed E-state index contributed by atoms with van der Waals surface area (Å²) in [6.45, 7) is 6.79. The predicted octanol–water partition coefficient (Wildman–Crippen LogP) is 9.33. The first-order valence-electron chi connectivity index (χ1n) is 17.7. The van der Waals surface area contributed by atoms with Gasteiger partial charge >= 0.3 is 12.3 Å². The van der Waals surface area contributed by atoms with Gasteiger partial charge in [0.05, 0.1) is 23.7 Å². The van der Waals surface area contributed by atoms with E-state index in [4.69, 9.17) is 14.2 Å². The fourth-order valence-electron chi connectivity index (χ4n) is 8.72. The van der Waals surface area contributed by atoms with Crippen molar-refractivity contribution >= 4 is 5.97 Å². The standard InChI is InChI=1S/C42H44F3NO5/c1-39(2,3)51-38(47)35-25-41(32-17-11-6-12-18-32)40(22-21-36(35)46(41)26-29-13-7-4-8-14-29)24-31(28-49-40)34-23-33(50-42(43,44)45)19-20-37(34)48-27-30-15-9-5-10-16-30/h4-20,23,31,35-36H,21-22,24-28H2,1-3H3. The maximum atomic E-state index is 14.0. The topological polar surface area (TPSA) is 57.2 Å². The molecule has 9 heteroatoms. The molecule has 6 nitrogen and oxygen atoms in total. The molecular formula is C42H44F3NO5. The molecule has 4 aromatic rings. The van der Waals surface area contributed by atoms with Crippen LogP contribution in [0.1, 0.15) is 74.6 Å². The lowest BCUT2D eigenvalue weighted by molar-refractivity contribution is -0.274. The van der Waals surface area contributed by atoms with Crippen molar-refractivity contribution in [1.29, 1.82) is 0 Å². The van der Waals surface area contributed by atoms with Crippen LogP contribution < -0.4 is 9.47 Å². The molecule has 3 aliphatic heterocycles. The Bertz CT molecular complexity index is 1810. The average Bonchev–Trinajstić information content (AvgIpc) is 3.63. The molecule has 4 aromatic carbocycles. The Hall–Kier alpha value is -4.34. The van der Waals surface area contributed by atoms with Crippen LogP contribution in [0, 0.1) is 5.92 Å². The molecule has 3 fully saturated rings. The highest BCUT2D eigenvalue weighted by Crippen LogP contribution is 2.64. The average molecular weight is 700 g/mol. The van der Waals surface area contributed by atoms with Crippen LogP contribution in [0.4, 0.5) is 13.2 Å². The second-order valence-electron chi connectivity index (χ2n) is 15.0. The van der Waals surface area contributed by atoms with Crippen molar-refractivity contribution in [1.82, 2.24) is 4.90 Å². The normalized spacial score (nSPS) is 26.3. The SMILES string of the molecule is CC(C)(C)OC(=O)C1CC2(c3ccccc3)N(Cc3ccccc3)C1CCC21CC(c2cc(OC(F)(F)F)ccc2OCc2ccccc2)CO1. The van der Waals surface area contributed by atoms with Crippen molar-refractivity contribution in [3.63, 3.8) is 0 Å². The van der Waals surface area contributed by atoms with Crippen molar-refractivity contribution < 1.29 is 36.9 Å². The Morgan fingerprint density at radius 1 is 0.863 bits per heavy atom. The lowest BCUT2D eigenvalue weighted by Crippen LogP contribution is -2.63. The maximum absolute atomic E-state index is 14.0. The van der Waals surface area contributed by atoms with Crippen LogP contribution in [0.25, 0.3) is 0 Å². The molecule has 51 heavy (non-hydrogen) atoms. The monoisotopic (exact) mass is 699 g/mol. The lowest BCUT2D eigenvalue weighted by Gasteiger charge is -2.56. The number of carbonyl (C=O) groups excluding carboxylic acids is 1. The van der Waals surface area contributed by atoms with Crippen LogP contribution in [0.3, 0.4) is 0 Å². The van der Waals surface area contributed by atoms with Gasteiger partial charge in [-0.1, -0.05) is 91.0 Å². The molecule has 0 saturated carbocycles. The minimum absolute atomic E-state index is 0.0955. The van der Waals surface area contributed by atoms with Gasteiger partial charge in [-0.05, 0) is 81.3 Å². The van der Waals surface area contributed by atoms with E-state index in [2.05, 4.69) is 33.9 Å². The molecular weight excluding hydrogens is 655 g/mol. The molecule has 0 N–H and O–H groups in total. The number of alkyl halides is 3. The van der Waals surface area contributed by atoms with Gasteiger partial charge in [0, 0.05) is 24.1 Å². The van der Waals surface area contributed by atoms with Gasteiger partial charge in [0.1, 0.15) is 23.7 Å². The van der Waals surface area contributed by atoms with E-state index in [-0.39, 0.29) is 36.9 Å². The Morgan fingerprint density at radius 3 is 2.16 bits per heavy atom. The van der Waals surface area contributed by atoms with E-state index in [1.807, 2.05) is 87.5 Å². The number of benzene rings is 4. The quantitative estimate of drug-likeness (QED) is 0.162. The first-order chi connectivity index (χ1) is 24.4. The van der Waals surface area contributed by atoms with Crippen LogP contribution in [0.15, 0.2) is 109 Å². The molecule has 2 bridgehead atoms. The Labute approximate surface area is 297 Å². The third kappa shape index (κ3) is 7.11. The summed E-state index contributed by atoms with van der Waals surface area (Å²) in [4.78, 5) is 16.5. The van der Waals surface area contributed by atoms with Gasteiger partial charge < -0.3 is 18.9 Å². The van der Waals surface area contributed by atoms with Crippen LogP contribution in [-0.4, -0.2) is 41.1 Å². The number of carbonyl (C=O) groups is 1. The molecule has 7 rings (SSSR count). The van der Waals surface area contributed by atoms with Gasteiger partial charge in [-0.3, -0.25) is 9.69 Å². The fraction of sp³-hybridized carbons (Fsp3) is 0.405. The molecule has 5 unspecified atom stereocenters. The van der Waals surface area contributed by atoms with Crippen molar-refractivity contribution in [2.24, 2.45) is 5.92 Å². The summed E-state index contributed by atoms with van der Waals surface area (Å²) in [6, 6.07) is 34.3. The maximum Gasteiger partial charge on any atom is 0.573 e. The van der Waals surface area contributed by atoms with Gasteiger partial charge in [0.15, 0.2) is 0 Å². The highest BCUT2D eigenvalue weighted by atomic mass is 19.4. The fourth-order valence-corrected chi connectivity index (χ4v) is 8.72. The number of fused-ring (bicyclic) bond motifs is 3. The van der Waals surface area contributed by atoms with Crippen LogP contribution in [0.5, 0.6) is 11.5 Å². The summed E-state index contributed by atoms with van der Waals surface area (Å²) in [5.41, 5.74) is 1.57. The summed E-state index contributed by atoms with van der Waals surface area (Å²) in [5, 5.41) is 0. The Morgan fingerprint density at radius 2 is 1.51 bits per heavy atom. The van der Waals surface area contributed by atoms with E-state index >= 15 is 0 Å². The summed E-state index contributed by atoms with van der Waals surface area (Å²) >= 11 is 0. The first kappa shape index (κ1) is 35.1. The van der Waals surface area contributed by atoms with E-state index in [9.17, 15) is 18.0 Å². The molecule has 1 spiro atoms. The second kappa shape index (κ2) is 13.7. The summed E-state index contributed by atoms with van der Waals surface area (Å²) < 4.78 is 64.2. The smallest absolute Gasteiger partial charge is 0.489 e. The van der Waals surface area contributed by atoms with Crippen molar-refractivity contribution in [3.05, 3.63) is 131 Å². The zero-order valence-corrected chi connectivity index (χ0v) is 29.2. The molecule has 268 valence electrons. The number of nitrogens with zero attached hydrogens (tertiary/aromatic N) is 1. The Balaban J connectivity index is 1.31. The number of rotatable bonds is 9. The van der Waals surface area contributed by atoms with Gasteiger partial charge in [-0.25, -0.2) is 0 Å². The van der Waals surface area contributed by atoms with Crippen LogP contribution in [0.2, 0.25) is 0 Å². The van der Waals surface area contributed by atoms with Crippen LogP contribution >= 0.6 is 0 Å². The molecule has 0 aliphatic carbocycles. The second-order valence-corrected chi connectivity index (χ2v) is 15.0. The van der Waals surface area contributed by atoms with Crippen molar-refractivity contribution in [2.45, 2.75) is 94.7 Å². The van der Waals surface area contributed by atoms with Gasteiger partial charge in [0.2, 0.25) is 0 Å². The van der Waals surface area contributed by atoms with Gasteiger partial charge in [0.25, 0.3) is 0 Å². The van der Waals surface area contributed by atoms with Gasteiger partial charge in [-0.15, -0.1) is 13.2 Å². The van der Waals surface area contributed by atoms with E-state index in [1.54, 1.807) is 6.07 Å². The summed E-state index contributed by atoms with van der Waals surface area (Å²) in [7, 11) is 0. The lowest BCUT2D eigenvalue weighted by atomic mass is 9.66. The number of piperidine rings is 1. The number of ether oxygens (including phenoxy) is 4. The zero-order valence-electron chi connectivity index (χ0n) is 29.2. The van der Waals surface area contributed by atoms with E-state index in [0.29, 0.717) is 43.5 Å². The molecule has 0 amide bonds. The molecule has 0 radical (unpaired) electrons. The van der Waals surface area contributed by atoms with Crippen molar-refractivity contribution in [3.8, 4) is 11.5 Å². The molecule has 3 saturated heterocycles.